The van der Waals surface area contributed by atoms with Gasteiger partial charge in [0.05, 0.1) is 10.0 Å². The van der Waals surface area contributed by atoms with Gasteiger partial charge in [0.25, 0.3) is 0 Å². The van der Waals surface area contributed by atoms with E-state index >= 15 is 0 Å². The SMILES string of the molecule is O=Cc1ccc(-c2ccc(Br)c(Cl)c2Cl)o1. The van der Waals surface area contributed by atoms with E-state index in [2.05, 4.69) is 15.9 Å². The Balaban J connectivity index is 2.56. The van der Waals surface area contributed by atoms with Crippen LogP contribution in [0.3, 0.4) is 0 Å². The topological polar surface area (TPSA) is 30.2 Å². The molecule has 0 aliphatic carbocycles. The summed E-state index contributed by atoms with van der Waals surface area (Å²) in [7, 11) is 0. The van der Waals surface area contributed by atoms with Crippen LogP contribution >= 0.6 is 39.1 Å². The Hall–Kier alpha value is -0.770. The highest BCUT2D eigenvalue weighted by molar-refractivity contribution is 9.10. The van der Waals surface area contributed by atoms with Crippen LogP contribution in [-0.2, 0) is 0 Å². The van der Waals surface area contributed by atoms with Crippen molar-refractivity contribution in [3.63, 3.8) is 0 Å². The summed E-state index contributed by atoms with van der Waals surface area (Å²) < 4.78 is 5.98. The molecule has 0 spiro atoms. The average molecular weight is 320 g/mol. The van der Waals surface area contributed by atoms with Gasteiger partial charge in [0.15, 0.2) is 12.0 Å². The molecule has 16 heavy (non-hydrogen) atoms. The van der Waals surface area contributed by atoms with E-state index in [1.54, 1.807) is 24.3 Å². The molecule has 1 aromatic carbocycles. The zero-order chi connectivity index (χ0) is 11.7. The molecule has 2 aromatic rings. The van der Waals surface area contributed by atoms with Crippen molar-refractivity contribution in [3.05, 3.63) is 44.5 Å². The summed E-state index contributed by atoms with van der Waals surface area (Å²) in [5, 5.41) is 0.811. The van der Waals surface area contributed by atoms with Crippen molar-refractivity contribution in [3.8, 4) is 11.3 Å². The molecule has 0 aliphatic rings. The molecule has 5 heteroatoms. The molecule has 0 radical (unpaired) electrons. The predicted molar refractivity (Wildman–Crippen MR) is 67.3 cm³/mol. The van der Waals surface area contributed by atoms with Gasteiger partial charge in [0, 0.05) is 10.0 Å². The van der Waals surface area contributed by atoms with Gasteiger partial charge in [-0.1, -0.05) is 23.2 Å². The van der Waals surface area contributed by atoms with Crippen molar-refractivity contribution in [2.75, 3.05) is 0 Å². The maximum atomic E-state index is 10.5. The first-order chi connectivity index (χ1) is 7.63. The molecule has 0 fully saturated rings. The first-order valence-corrected chi connectivity index (χ1v) is 5.87. The van der Waals surface area contributed by atoms with Crippen molar-refractivity contribution >= 4 is 45.4 Å². The highest BCUT2D eigenvalue weighted by Crippen LogP contribution is 2.38. The molecular formula is C11H5BrCl2O2. The lowest BCUT2D eigenvalue weighted by Crippen LogP contribution is -1.79. The maximum absolute atomic E-state index is 10.5. The standard InChI is InChI=1S/C11H5BrCl2O2/c12-8-3-2-7(10(13)11(8)14)9-4-1-6(5-15)16-9/h1-5H. The van der Waals surface area contributed by atoms with Gasteiger partial charge in [-0.15, -0.1) is 0 Å². The normalized spacial score (nSPS) is 10.4. The third kappa shape index (κ3) is 2.03. The lowest BCUT2D eigenvalue weighted by Gasteiger charge is -2.04. The first-order valence-electron chi connectivity index (χ1n) is 4.32. The number of benzene rings is 1. The Bertz CT molecular complexity index is 549. The second-order valence-electron chi connectivity index (χ2n) is 3.04. The molecule has 2 rings (SSSR count). The fraction of sp³-hybridized carbons (Fsp3) is 0. The van der Waals surface area contributed by atoms with Crippen molar-refractivity contribution in [2.45, 2.75) is 0 Å². The second kappa shape index (κ2) is 4.62. The van der Waals surface area contributed by atoms with Gasteiger partial charge in [-0.05, 0) is 40.2 Å². The number of hydrogen-bond acceptors (Lipinski definition) is 2. The molecule has 0 amide bonds. The van der Waals surface area contributed by atoms with Gasteiger partial charge in [-0.3, -0.25) is 4.79 Å². The summed E-state index contributed by atoms with van der Waals surface area (Å²) in [5.74, 6) is 0.770. The molecule has 0 unspecified atom stereocenters. The number of rotatable bonds is 2. The van der Waals surface area contributed by atoms with E-state index in [0.29, 0.717) is 32.1 Å². The van der Waals surface area contributed by atoms with Crippen molar-refractivity contribution in [1.82, 2.24) is 0 Å². The molecule has 0 N–H and O–H groups in total. The van der Waals surface area contributed by atoms with E-state index < -0.39 is 0 Å². The fourth-order valence-corrected chi connectivity index (χ4v) is 2.14. The minimum atomic E-state index is 0.255. The van der Waals surface area contributed by atoms with E-state index in [1.165, 1.54) is 0 Å². The summed E-state index contributed by atoms with van der Waals surface area (Å²) in [6.07, 6.45) is 0.637. The van der Waals surface area contributed by atoms with Gasteiger partial charge >= 0.3 is 0 Å². The molecule has 2 nitrogen and oxygen atoms in total. The van der Waals surface area contributed by atoms with Crippen LogP contribution in [0.25, 0.3) is 11.3 Å². The predicted octanol–water partition coefficient (Wildman–Crippen LogP) is 4.83. The van der Waals surface area contributed by atoms with Crippen LogP contribution < -0.4 is 0 Å². The smallest absolute Gasteiger partial charge is 0.185 e. The molecular weight excluding hydrogens is 315 g/mol. The molecule has 0 saturated carbocycles. The van der Waals surface area contributed by atoms with Gasteiger partial charge in [-0.2, -0.15) is 0 Å². The van der Waals surface area contributed by atoms with Crippen LogP contribution in [0.5, 0.6) is 0 Å². The number of hydrogen-bond donors (Lipinski definition) is 0. The largest absolute Gasteiger partial charge is 0.453 e. The van der Waals surface area contributed by atoms with Crippen molar-refractivity contribution in [2.24, 2.45) is 0 Å². The number of halogens is 3. The van der Waals surface area contributed by atoms with Crippen LogP contribution in [0, 0.1) is 0 Å². The quantitative estimate of drug-likeness (QED) is 0.586. The lowest BCUT2D eigenvalue weighted by molar-refractivity contribution is 0.110. The maximum Gasteiger partial charge on any atom is 0.185 e. The van der Waals surface area contributed by atoms with Crippen LogP contribution in [0.2, 0.25) is 10.0 Å². The van der Waals surface area contributed by atoms with Gasteiger partial charge in [0.2, 0.25) is 0 Å². The molecule has 1 aromatic heterocycles. The molecule has 0 saturated heterocycles. The summed E-state index contributed by atoms with van der Waals surface area (Å²) in [6, 6.07) is 6.79. The third-order valence-electron chi connectivity index (χ3n) is 2.04. The molecule has 0 atom stereocenters. The highest BCUT2D eigenvalue weighted by Gasteiger charge is 2.13. The minimum absolute atomic E-state index is 0.255. The highest BCUT2D eigenvalue weighted by atomic mass is 79.9. The molecule has 0 bridgehead atoms. The van der Waals surface area contributed by atoms with Crippen LogP contribution in [0.15, 0.2) is 33.2 Å². The Kier molecular flexibility index (Phi) is 3.38. The Morgan fingerprint density at radius 1 is 1.12 bits per heavy atom. The van der Waals surface area contributed by atoms with Crippen LogP contribution in [0.4, 0.5) is 0 Å². The van der Waals surface area contributed by atoms with Crippen LogP contribution in [-0.4, -0.2) is 6.29 Å². The van der Waals surface area contributed by atoms with E-state index in [9.17, 15) is 4.79 Å². The summed E-state index contributed by atoms with van der Waals surface area (Å²) in [4.78, 5) is 10.5. The number of furan rings is 1. The van der Waals surface area contributed by atoms with Crippen molar-refractivity contribution in [1.29, 1.82) is 0 Å². The second-order valence-corrected chi connectivity index (χ2v) is 4.65. The third-order valence-corrected chi connectivity index (χ3v) is 3.81. The van der Waals surface area contributed by atoms with Crippen molar-refractivity contribution < 1.29 is 9.21 Å². The molecule has 0 aliphatic heterocycles. The van der Waals surface area contributed by atoms with E-state index in [4.69, 9.17) is 27.6 Å². The number of aldehydes is 1. The van der Waals surface area contributed by atoms with Gasteiger partial charge < -0.3 is 4.42 Å². The van der Waals surface area contributed by atoms with Gasteiger partial charge in [-0.25, -0.2) is 0 Å². The number of carbonyl (C=O) groups is 1. The van der Waals surface area contributed by atoms with Gasteiger partial charge in [0.1, 0.15) is 5.76 Å². The Labute approximate surface area is 110 Å². The first kappa shape index (κ1) is 11.7. The average Bonchev–Trinajstić information content (AvgIpc) is 2.74. The monoisotopic (exact) mass is 318 g/mol. The van der Waals surface area contributed by atoms with E-state index in [1.807, 2.05) is 0 Å². The zero-order valence-corrected chi connectivity index (χ0v) is 10.9. The Morgan fingerprint density at radius 2 is 1.88 bits per heavy atom. The summed E-state index contributed by atoms with van der Waals surface area (Å²) in [5.41, 5.74) is 0.656. The van der Waals surface area contributed by atoms with Crippen LogP contribution in [0.1, 0.15) is 10.6 Å². The number of carbonyl (C=O) groups excluding carboxylic acids is 1. The lowest BCUT2D eigenvalue weighted by atomic mass is 10.2. The summed E-state index contributed by atoms with van der Waals surface area (Å²) >= 11 is 15.3. The van der Waals surface area contributed by atoms with E-state index in [0.717, 1.165) is 0 Å². The van der Waals surface area contributed by atoms with E-state index in [-0.39, 0.29) is 5.76 Å². The minimum Gasteiger partial charge on any atom is -0.453 e. The molecule has 82 valence electrons. The zero-order valence-electron chi connectivity index (χ0n) is 7.84. The fourth-order valence-electron chi connectivity index (χ4n) is 1.28. The Morgan fingerprint density at radius 3 is 2.50 bits per heavy atom. The summed E-state index contributed by atoms with van der Waals surface area (Å²) in [6.45, 7) is 0. The molecule has 1 heterocycles.